The van der Waals surface area contributed by atoms with Gasteiger partial charge >= 0.3 is 6.09 Å². The largest absolute Gasteiger partial charge is 0.444 e. The van der Waals surface area contributed by atoms with E-state index in [1.165, 1.54) is 0 Å². The second-order valence-corrected chi connectivity index (χ2v) is 10.3. The van der Waals surface area contributed by atoms with Gasteiger partial charge in [-0.1, -0.05) is 15.9 Å². The third-order valence-corrected chi connectivity index (χ3v) is 6.11. The molecule has 0 aliphatic carbocycles. The number of carbonyl (C=O) groups is 1. The van der Waals surface area contributed by atoms with Gasteiger partial charge in [-0.05, 0) is 51.5 Å². The second kappa shape index (κ2) is 8.99. The number of anilines is 1. The Morgan fingerprint density at radius 1 is 1.20 bits per heavy atom. The van der Waals surface area contributed by atoms with E-state index in [4.69, 9.17) is 4.74 Å². The van der Waals surface area contributed by atoms with E-state index in [0.29, 0.717) is 39.3 Å². The number of benzene rings is 1. The molecule has 2 fully saturated rings. The molecular formula is C22H32BrF2N3O2. The van der Waals surface area contributed by atoms with E-state index < -0.39 is 11.5 Å². The summed E-state index contributed by atoms with van der Waals surface area (Å²) < 4.78 is 33.5. The minimum Gasteiger partial charge on any atom is -0.444 e. The van der Waals surface area contributed by atoms with E-state index >= 15 is 0 Å². The number of likely N-dealkylation sites (tertiary alicyclic amines) is 1. The van der Waals surface area contributed by atoms with Crippen molar-refractivity contribution in [1.29, 1.82) is 0 Å². The SMILES string of the molecule is CC1CN(c2ccc(Br)cc2CN2CCC(F)(F)CC2)CCN1C(=O)OC(C)(C)C. The zero-order valence-electron chi connectivity index (χ0n) is 18.3. The molecule has 1 aromatic rings. The summed E-state index contributed by atoms with van der Waals surface area (Å²) in [7, 11) is 0. The Bertz CT molecular complexity index is 759. The first-order chi connectivity index (χ1) is 13.9. The molecule has 0 N–H and O–H groups in total. The van der Waals surface area contributed by atoms with Crippen LogP contribution < -0.4 is 4.90 Å². The quantitative estimate of drug-likeness (QED) is 0.592. The number of amides is 1. The third-order valence-electron chi connectivity index (χ3n) is 5.62. The van der Waals surface area contributed by atoms with Crippen LogP contribution in [-0.4, -0.2) is 66.2 Å². The van der Waals surface area contributed by atoms with Crippen LogP contribution in [0.2, 0.25) is 0 Å². The Labute approximate surface area is 186 Å². The number of hydrogen-bond donors (Lipinski definition) is 0. The van der Waals surface area contributed by atoms with Crippen LogP contribution in [0.15, 0.2) is 22.7 Å². The molecule has 1 amide bonds. The minimum atomic E-state index is -2.54. The summed E-state index contributed by atoms with van der Waals surface area (Å²) >= 11 is 3.55. The van der Waals surface area contributed by atoms with Gasteiger partial charge in [0.2, 0.25) is 0 Å². The van der Waals surface area contributed by atoms with Crippen molar-refractivity contribution in [2.24, 2.45) is 0 Å². The van der Waals surface area contributed by atoms with Gasteiger partial charge in [-0.2, -0.15) is 0 Å². The fourth-order valence-electron chi connectivity index (χ4n) is 4.04. The Balaban J connectivity index is 1.69. The van der Waals surface area contributed by atoms with Crippen molar-refractivity contribution in [3.63, 3.8) is 0 Å². The number of halogens is 3. The molecule has 2 heterocycles. The molecule has 2 aliphatic rings. The van der Waals surface area contributed by atoms with Gasteiger partial charge in [0.05, 0.1) is 0 Å². The highest BCUT2D eigenvalue weighted by molar-refractivity contribution is 9.10. The Kier molecular flexibility index (Phi) is 6.97. The number of alkyl halides is 2. The van der Waals surface area contributed by atoms with Crippen LogP contribution >= 0.6 is 15.9 Å². The van der Waals surface area contributed by atoms with Crippen LogP contribution in [0.1, 0.15) is 46.1 Å². The van der Waals surface area contributed by atoms with Crippen LogP contribution in [0.5, 0.6) is 0 Å². The number of nitrogens with zero attached hydrogens (tertiary/aromatic N) is 3. The Hall–Kier alpha value is -1.41. The maximum absolute atomic E-state index is 13.5. The molecular weight excluding hydrogens is 456 g/mol. The predicted molar refractivity (Wildman–Crippen MR) is 118 cm³/mol. The van der Waals surface area contributed by atoms with Crippen molar-refractivity contribution >= 4 is 27.7 Å². The van der Waals surface area contributed by atoms with Crippen LogP contribution in [-0.2, 0) is 11.3 Å². The van der Waals surface area contributed by atoms with E-state index in [0.717, 1.165) is 15.7 Å². The highest BCUT2D eigenvalue weighted by Gasteiger charge is 2.35. The first-order valence-electron chi connectivity index (χ1n) is 10.6. The lowest BCUT2D eigenvalue weighted by atomic mass is 10.0. The fourth-order valence-corrected chi connectivity index (χ4v) is 4.45. The van der Waals surface area contributed by atoms with Crippen molar-refractivity contribution < 1.29 is 18.3 Å². The molecule has 3 rings (SSSR count). The number of rotatable bonds is 3. The zero-order valence-corrected chi connectivity index (χ0v) is 19.8. The van der Waals surface area contributed by atoms with E-state index in [1.54, 1.807) is 4.90 Å². The van der Waals surface area contributed by atoms with Gasteiger partial charge < -0.3 is 14.5 Å². The first kappa shape index (κ1) is 23.3. The van der Waals surface area contributed by atoms with Crippen molar-refractivity contribution in [1.82, 2.24) is 9.80 Å². The van der Waals surface area contributed by atoms with Crippen LogP contribution in [0.25, 0.3) is 0 Å². The summed E-state index contributed by atoms with van der Waals surface area (Å²) in [5.74, 6) is -2.54. The van der Waals surface area contributed by atoms with Gasteiger partial charge in [0.1, 0.15) is 5.60 Å². The summed E-state index contributed by atoms with van der Waals surface area (Å²) in [6.07, 6.45) is -0.441. The standard InChI is InChI=1S/C22H32BrF2N3O2/c1-16-14-27(11-12-28(16)20(29)30-21(2,3)4)19-6-5-18(23)13-17(19)15-26-9-7-22(24,25)8-10-26/h5-6,13,16H,7-12,14-15H2,1-4H3. The molecule has 0 bridgehead atoms. The minimum absolute atomic E-state index is 0.0128. The van der Waals surface area contributed by atoms with Gasteiger partial charge in [-0.25, -0.2) is 13.6 Å². The molecule has 2 saturated heterocycles. The molecule has 0 spiro atoms. The highest BCUT2D eigenvalue weighted by Crippen LogP contribution is 2.32. The Morgan fingerprint density at radius 3 is 2.47 bits per heavy atom. The maximum Gasteiger partial charge on any atom is 0.410 e. The van der Waals surface area contributed by atoms with Crippen molar-refractivity contribution in [2.45, 2.75) is 64.6 Å². The van der Waals surface area contributed by atoms with E-state index in [2.05, 4.69) is 37.9 Å². The average Bonchev–Trinajstić information content (AvgIpc) is 2.62. The highest BCUT2D eigenvalue weighted by atomic mass is 79.9. The molecule has 5 nitrogen and oxygen atoms in total. The second-order valence-electron chi connectivity index (χ2n) is 9.37. The topological polar surface area (TPSA) is 36.0 Å². The van der Waals surface area contributed by atoms with E-state index in [1.807, 2.05) is 33.8 Å². The predicted octanol–water partition coefficient (Wildman–Crippen LogP) is 5.13. The molecule has 0 aromatic heterocycles. The monoisotopic (exact) mass is 487 g/mol. The fraction of sp³-hybridized carbons (Fsp3) is 0.682. The van der Waals surface area contributed by atoms with Crippen LogP contribution in [0.3, 0.4) is 0 Å². The van der Waals surface area contributed by atoms with E-state index in [-0.39, 0.29) is 25.0 Å². The van der Waals surface area contributed by atoms with Gasteiger partial charge in [0.25, 0.3) is 5.92 Å². The molecule has 30 heavy (non-hydrogen) atoms. The summed E-state index contributed by atoms with van der Waals surface area (Å²) in [5, 5.41) is 0. The first-order valence-corrected chi connectivity index (χ1v) is 11.4. The lowest BCUT2D eigenvalue weighted by molar-refractivity contribution is -0.0566. The van der Waals surface area contributed by atoms with Gasteiger partial charge in [-0.15, -0.1) is 0 Å². The lowest BCUT2D eigenvalue weighted by Gasteiger charge is -2.42. The number of piperazine rings is 1. The van der Waals surface area contributed by atoms with Crippen LogP contribution in [0.4, 0.5) is 19.3 Å². The number of carbonyl (C=O) groups excluding carboxylic acids is 1. The zero-order chi connectivity index (χ0) is 22.1. The molecule has 1 unspecified atom stereocenters. The van der Waals surface area contributed by atoms with E-state index in [9.17, 15) is 13.6 Å². The number of ether oxygens (including phenoxy) is 1. The van der Waals surface area contributed by atoms with Gasteiger partial charge in [-0.3, -0.25) is 4.90 Å². The normalized spacial score (nSPS) is 22.8. The Morgan fingerprint density at radius 2 is 1.87 bits per heavy atom. The molecule has 1 aromatic carbocycles. The summed E-state index contributed by atoms with van der Waals surface area (Å²) in [6.45, 7) is 11.1. The van der Waals surface area contributed by atoms with Crippen molar-refractivity contribution in [3.8, 4) is 0 Å². The maximum atomic E-state index is 13.5. The molecule has 168 valence electrons. The third kappa shape index (κ3) is 6.06. The number of piperidine rings is 1. The summed E-state index contributed by atoms with van der Waals surface area (Å²) in [5.41, 5.74) is 1.71. The van der Waals surface area contributed by atoms with Gasteiger partial charge in [0.15, 0.2) is 0 Å². The molecule has 2 aliphatic heterocycles. The van der Waals surface area contributed by atoms with Gasteiger partial charge in [0, 0.05) is 68.3 Å². The lowest BCUT2D eigenvalue weighted by Crippen LogP contribution is -2.55. The molecule has 0 saturated carbocycles. The van der Waals surface area contributed by atoms with Crippen LogP contribution in [0, 0.1) is 0 Å². The average molecular weight is 488 g/mol. The molecule has 0 radical (unpaired) electrons. The smallest absolute Gasteiger partial charge is 0.410 e. The number of hydrogen-bond acceptors (Lipinski definition) is 4. The van der Waals surface area contributed by atoms with Crippen molar-refractivity contribution in [3.05, 3.63) is 28.2 Å². The summed E-state index contributed by atoms with van der Waals surface area (Å²) in [4.78, 5) is 18.7. The summed E-state index contributed by atoms with van der Waals surface area (Å²) in [6, 6.07) is 6.17. The molecule has 8 heteroatoms. The van der Waals surface area contributed by atoms with Crippen molar-refractivity contribution in [2.75, 3.05) is 37.6 Å². The molecule has 1 atom stereocenters.